The van der Waals surface area contributed by atoms with Crippen LogP contribution in [0.4, 0.5) is 0 Å². The number of hydrogen-bond donors (Lipinski definition) is 0. The highest BCUT2D eigenvalue weighted by atomic mass is 79.9. The molecule has 0 fully saturated rings. The van der Waals surface area contributed by atoms with Crippen LogP contribution in [0, 0.1) is 6.92 Å². The summed E-state index contributed by atoms with van der Waals surface area (Å²) in [4.78, 5) is 8.80. The molecule has 0 spiro atoms. The van der Waals surface area contributed by atoms with E-state index in [1.54, 1.807) is 0 Å². The van der Waals surface area contributed by atoms with Gasteiger partial charge < -0.3 is 0 Å². The molecule has 0 atom stereocenters. The van der Waals surface area contributed by atoms with Gasteiger partial charge in [0, 0.05) is 15.7 Å². The van der Waals surface area contributed by atoms with Crippen LogP contribution in [0.15, 0.2) is 34.8 Å². The maximum atomic E-state index is 5.79. The lowest BCUT2D eigenvalue weighted by Crippen LogP contribution is -1.96. The van der Waals surface area contributed by atoms with Gasteiger partial charge in [-0.2, -0.15) is 0 Å². The SMILES string of the molecule is Cc1cc(CCl)nc(-c2cccc(Br)c2)n1. The number of benzene rings is 1. The monoisotopic (exact) mass is 296 g/mol. The van der Waals surface area contributed by atoms with Crippen LogP contribution < -0.4 is 0 Å². The zero-order valence-corrected chi connectivity index (χ0v) is 11.1. The summed E-state index contributed by atoms with van der Waals surface area (Å²) in [6.07, 6.45) is 0. The Morgan fingerprint density at radius 2 is 2.06 bits per heavy atom. The van der Waals surface area contributed by atoms with Crippen molar-refractivity contribution in [3.05, 3.63) is 46.2 Å². The Morgan fingerprint density at radius 3 is 2.75 bits per heavy atom. The fraction of sp³-hybridized carbons (Fsp3) is 0.167. The minimum atomic E-state index is 0.407. The van der Waals surface area contributed by atoms with E-state index in [1.807, 2.05) is 37.3 Å². The van der Waals surface area contributed by atoms with E-state index in [2.05, 4.69) is 25.9 Å². The lowest BCUT2D eigenvalue weighted by molar-refractivity contribution is 1.05. The third-order valence-electron chi connectivity index (χ3n) is 2.13. The first-order chi connectivity index (χ1) is 7.69. The molecule has 0 aliphatic rings. The minimum Gasteiger partial charge on any atom is -0.233 e. The van der Waals surface area contributed by atoms with Crippen LogP contribution in [0.5, 0.6) is 0 Å². The number of rotatable bonds is 2. The van der Waals surface area contributed by atoms with Gasteiger partial charge in [-0.15, -0.1) is 11.6 Å². The molecule has 82 valence electrons. The third kappa shape index (κ3) is 2.60. The molecular formula is C12H10BrClN2. The second-order valence-corrected chi connectivity index (χ2v) is 4.65. The van der Waals surface area contributed by atoms with Gasteiger partial charge in [-0.25, -0.2) is 9.97 Å². The zero-order valence-electron chi connectivity index (χ0n) is 8.74. The van der Waals surface area contributed by atoms with Crippen LogP contribution >= 0.6 is 27.5 Å². The van der Waals surface area contributed by atoms with Crippen LogP contribution in [0.25, 0.3) is 11.4 Å². The van der Waals surface area contributed by atoms with Crippen molar-refractivity contribution in [2.75, 3.05) is 0 Å². The Bertz CT molecular complexity index is 514. The van der Waals surface area contributed by atoms with Gasteiger partial charge in [-0.3, -0.25) is 0 Å². The number of alkyl halides is 1. The van der Waals surface area contributed by atoms with E-state index < -0.39 is 0 Å². The Kier molecular flexibility index (Phi) is 3.56. The molecule has 0 saturated carbocycles. The maximum absolute atomic E-state index is 5.79. The summed E-state index contributed by atoms with van der Waals surface area (Å²) in [5.74, 6) is 1.13. The molecule has 2 aromatic rings. The van der Waals surface area contributed by atoms with Crippen LogP contribution in [0.1, 0.15) is 11.4 Å². The highest BCUT2D eigenvalue weighted by molar-refractivity contribution is 9.10. The molecule has 0 radical (unpaired) electrons. The molecule has 1 aromatic heterocycles. The Hall–Kier alpha value is -0.930. The number of aryl methyl sites for hydroxylation is 1. The fourth-order valence-electron chi connectivity index (χ4n) is 1.46. The molecule has 0 amide bonds. The molecule has 2 rings (SSSR count). The van der Waals surface area contributed by atoms with Crippen molar-refractivity contribution in [2.24, 2.45) is 0 Å². The molecule has 1 aromatic carbocycles. The molecule has 2 nitrogen and oxygen atoms in total. The zero-order chi connectivity index (χ0) is 11.5. The summed E-state index contributed by atoms with van der Waals surface area (Å²) in [6.45, 7) is 1.94. The maximum Gasteiger partial charge on any atom is 0.159 e. The van der Waals surface area contributed by atoms with E-state index in [9.17, 15) is 0 Å². The summed E-state index contributed by atoms with van der Waals surface area (Å²) < 4.78 is 1.02. The molecule has 4 heteroatoms. The first-order valence-corrected chi connectivity index (χ1v) is 6.18. The minimum absolute atomic E-state index is 0.407. The number of aromatic nitrogens is 2. The predicted octanol–water partition coefficient (Wildman–Crippen LogP) is 3.95. The summed E-state index contributed by atoms with van der Waals surface area (Å²) >= 11 is 9.22. The van der Waals surface area contributed by atoms with E-state index in [4.69, 9.17) is 11.6 Å². The molecule has 16 heavy (non-hydrogen) atoms. The first-order valence-electron chi connectivity index (χ1n) is 4.85. The van der Waals surface area contributed by atoms with E-state index >= 15 is 0 Å². The second kappa shape index (κ2) is 4.93. The van der Waals surface area contributed by atoms with Gasteiger partial charge >= 0.3 is 0 Å². The van der Waals surface area contributed by atoms with Crippen LogP contribution in [-0.4, -0.2) is 9.97 Å². The van der Waals surface area contributed by atoms with E-state index in [0.29, 0.717) is 5.88 Å². The highest BCUT2D eigenvalue weighted by Crippen LogP contribution is 2.20. The second-order valence-electron chi connectivity index (χ2n) is 3.47. The lowest BCUT2D eigenvalue weighted by Gasteiger charge is -2.04. The summed E-state index contributed by atoms with van der Waals surface area (Å²) in [6, 6.07) is 9.81. The van der Waals surface area contributed by atoms with Crippen LogP contribution in [0.3, 0.4) is 0 Å². The Balaban J connectivity index is 2.51. The topological polar surface area (TPSA) is 25.8 Å². The molecular weight excluding hydrogens is 288 g/mol. The number of nitrogens with zero attached hydrogens (tertiary/aromatic N) is 2. The third-order valence-corrected chi connectivity index (χ3v) is 2.89. The largest absolute Gasteiger partial charge is 0.233 e. The summed E-state index contributed by atoms with van der Waals surface area (Å²) in [5.41, 5.74) is 2.77. The van der Waals surface area contributed by atoms with Crippen molar-refractivity contribution in [3.63, 3.8) is 0 Å². The van der Waals surface area contributed by atoms with Gasteiger partial charge in [0.1, 0.15) is 0 Å². The van der Waals surface area contributed by atoms with Gasteiger partial charge in [-0.05, 0) is 25.1 Å². The molecule has 0 N–H and O–H groups in total. The first kappa shape index (κ1) is 11.6. The average molecular weight is 298 g/mol. The van der Waals surface area contributed by atoms with Gasteiger partial charge in [0.05, 0.1) is 11.6 Å². The van der Waals surface area contributed by atoms with E-state index in [1.165, 1.54) is 0 Å². The van der Waals surface area contributed by atoms with Crippen molar-refractivity contribution in [1.82, 2.24) is 9.97 Å². The molecule has 0 aliphatic carbocycles. The molecule has 0 aliphatic heterocycles. The average Bonchev–Trinajstić information content (AvgIpc) is 2.28. The van der Waals surface area contributed by atoms with Gasteiger partial charge in [-0.1, -0.05) is 28.1 Å². The standard InChI is InChI=1S/C12H10BrClN2/c1-8-5-11(7-14)16-12(15-8)9-3-2-4-10(13)6-9/h2-6H,7H2,1H3. The van der Waals surface area contributed by atoms with Gasteiger partial charge in [0.25, 0.3) is 0 Å². The Morgan fingerprint density at radius 1 is 1.25 bits per heavy atom. The molecule has 0 saturated heterocycles. The molecule has 1 heterocycles. The van der Waals surface area contributed by atoms with Crippen LogP contribution in [0.2, 0.25) is 0 Å². The predicted molar refractivity (Wildman–Crippen MR) is 69.5 cm³/mol. The molecule has 0 unspecified atom stereocenters. The quantitative estimate of drug-likeness (QED) is 0.784. The summed E-state index contributed by atoms with van der Waals surface area (Å²) in [7, 11) is 0. The van der Waals surface area contributed by atoms with Crippen molar-refractivity contribution >= 4 is 27.5 Å². The van der Waals surface area contributed by atoms with Crippen molar-refractivity contribution in [1.29, 1.82) is 0 Å². The highest BCUT2D eigenvalue weighted by Gasteiger charge is 2.04. The molecule has 0 bridgehead atoms. The Labute approximate surface area is 108 Å². The van der Waals surface area contributed by atoms with E-state index in [0.717, 1.165) is 27.2 Å². The summed E-state index contributed by atoms with van der Waals surface area (Å²) in [5, 5.41) is 0. The normalized spacial score (nSPS) is 10.4. The van der Waals surface area contributed by atoms with Gasteiger partial charge in [0.2, 0.25) is 0 Å². The van der Waals surface area contributed by atoms with Crippen molar-refractivity contribution < 1.29 is 0 Å². The van der Waals surface area contributed by atoms with Crippen molar-refractivity contribution in [2.45, 2.75) is 12.8 Å². The van der Waals surface area contributed by atoms with Crippen LogP contribution in [-0.2, 0) is 5.88 Å². The number of hydrogen-bond acceptors (Lipinski definition) is 2. The fourth-order valence-corrected chi connectivity index (χ4v) is 2.00. The lowest BCUT2D eigenvalue weighted by atomic mass is 10.2. The van der Waals surface area contributed by atoms with Crippen molar-refractivity contribution in [3.8, 4) is 11.4 Å². The van der Waals surface area contributed by atoms with E-state index in [-0.39, 0.29) is 0 Å². The van der Waals surface area contributed by atoms with Gasteiger partial charge in [0.15, 0.2) is 5.82 Å². The number of halogens is 2. The smallest absolute Gasteiger partial charge is 0.159 e.